The van der Waals surface area contributed by atoms with Gasteiger partial charge in [0.05, 0.1) is 12.1 Å². The number of halogens is 1. The van der Waals surface area contributed by atoms with Crippen LogP contribution in [0.15, 0.2) is 42.1 Å². The monoisotopic (exact) mass is 315 g/mol. The highest BCUT2D eigenvalue weighted by Gasteiger charge is 2.11. The fraction of sp³-hybridized carbons (Fsp3) is 0.125. The number of nitrogens with one attached hydrogen (secondary N) is 1. The van der Waals surface area contributed by atoms with Gasteiger partial charge >= 0.3 is 0 Å². The van der Waals surface area contributed by atoms with Crippen LogP contribution in [0.3, 0.4) is 0 Å². The summed E-state index contributed by atoms with van der Waals surface area (Å²) in [6.07, 6.45) is 3.36. The number of nitriles is 1. The summed E-state index contributed by atoms with van der Waals surface area (Å²) in [7, 11) is 3.35. The number of methoxy groups -OCH3 is 1. The average Bonchev–Trinajstić information content (AvgIpc) is 2.90. The Balaban J connectivity index is 2.20. The first-order valence-electron chi connectivity index (χ1n) is 6.43. The van der Waals surface area contributed by atoms with E-state index in [4.69, 9.17) is 21.6 Å². The molecule has 112 valence electrons. The lowest BCUT2D eigenvalue weighted by atomic mass is 10.2. The van der Waals surface area contributed by atoms with Crippen LogP contribution in [0.5, 0.6) is 5.75 Å². The lowest BCUT2D eigenvalue weighted by Crippen LogP contribution is -2.13. The van der Waals surface area contributed by atoms with Gasteiger partial charge in [-0.25, -0.2) is 0 Å². The molecule has 2 aromatic rings. The largest absolute Gasteiger partial charge is 0.495 e. The maximum Gasteiger partial charge on any atom is 0.266 e. The van der Waals surface area contributed by atoms with Crippen molar-refractivity contribution in [2.75, 3.05) is 12.4 Å². The van der Waals surface area contributed by atoms with Crippen LogP contribution in [0.4, 0.5) is 5.69 Å². The van der Waals surface area contributed by atoms with Crippen molar-refractivity contribution in [1.82, 2.24) is 4.57 Å². The number of aromatic nitrogens is 1. The van der Waals surface area contributed by atoms with E-state index in [1.807, 2.05) is 36.0 Å². The second kappa shape index (κ2) is 6.83. The molecular formula is C16H14ClN3O2. The predicted octanol–water partition coefficient (Wildman–Crippen LogP) is 3.23. The van der Waals surface area contributed by atoms with Crippen molar-refractivity contribution >= 4 is 29.3 Å². The molecule has 1 aromatic heterocycles. The Labute approximate surface area is 133 Å². The topological polar surface area (TPSA) is 67.0 Å². The summed E-state index contributed by atoms with van der Waals surface area (Å²) in [5.74, 6) is 0.0180. The molecule has 1 amide bonds. The van der Waals surface area contributed by atoms with E-state index in [-0.39, 0.29) is 5.57 Å². The van der Waals surface area contributed by atoms with Crippen LogP contribution in [-0.2, 0) is 11.8 Å². The zero-order valence-electron chi connectivity index (χ0n) is 12.1. The second-order valence-corrected chi connectivity index (χ2v) is 4.92. The van der Waals surface area contributed by atoms with Gasteiger partial charge in [-0.05, 0) is 36.4 Å². The number of rotatable bonds is 4. The number of carbonyl (C=O) groups is 1. The fourth-order valence-electron chi connectivity index (χ4n) is 1.86. The average molecular weight is 316 g/mol. The van der Waals surface area contributed by atoms with E-state index in [2.05, 4.69) is 5.32 Å². The molecule has 5 nitrogen and oxygen atoms in total. The maximum absolute atomic E-state index is 12.2. The molecule has 0 aliphatic rings. The second-order valence-electron chi connectivity index (χ2n) is 4.52. The van der Waals surface area contributed by atoms with Crippen LogP contribution in [0.25, 0.3) is 6.08 Å². The van der Waals surface area contributed by atoms with Crippen molar-refractivity contribution < 1.29 is 9.53 Å². The number of ether oxygens (including phenoxy) is 1. The maximum atomic E-state index is 12.2. The molecule has 1 aromatic carbocycles. The third-order valence-corrected chi connectivity index (χ3v) is 3.35. The van der Waals surface area contributed by atoms with Crippen LogP contribution >= 0.6 is 11.6 Å². The number of hydrogen-bond donors (Lipinski definition) is 1. The number of amides is 1. The fourth-order valence-corrected chi connectivity index (χ4v) is 2.12. The lowest BCUT2D eigenvalue weighted by molar-refractivity contribution is -0.112. The minimum absolute atomic E-state index is 0.00809. The molecule has 0 fully saturated rings. The summed E-state index contributed by atoms with van der Waals surface area (Å²) in [4.78, 5) is 12.2. The van der Waals surface area contributed by atoms with Gasteiger partial charge in [0.2, 0.25) is 0 Å². The van der Waals surface area contributed by atoms with E-state index in [0.29, 0.717) is 16.5 Å². The van der Waals surface area contributed by atoms with E-state index in [0.717, 1.165) is 5.69 Å². The van der Waals surface area contributed by atoms with E-state index in [1.165, 1.54) is 13.2 Å². The quantitative estimate of drug-likeness (QED) is 0.695. The number of benzene rings is 1. The molecule has 0 saturated heterocycles. The van der Waals surface area contributed by atoms with Crippen LogP contribution in [-0.4, -0.2) is 17.6 Å². The molecule has 2 rings (SSSR count). The van der Waals surface area contributed by atoms with E-state index >= 15 is 0 Å². The predicted molar refractivity (Wildman–Crippen MR) is 85.6 cm³/mol. The Morgan fingerprint density at radius 1 is 1.45 bits per heavy atom. The molecule has 22 heavy (non-hydrogen) atoms. The van der Waals surface area contributed by atoms with Crippen molar-refractivity contribution in [3.8, 4) is 11.8 Å². The Bertz CT molecular complexity index is 772. The smallest absolute Gasteiger partial charge is 0.266 e. The van der Waals surface area contributed by atoms with Crippen molar-refractivity contribution in [2.24, 2.45) is 7.05 Å². The van der Waals surface area contributed by atoms with Gasteiger partial charge in [0, 0.05) is 24.6 Å². The lowest BCUT2D eigenvalue weighted by Gasteiger charge is -2.07. The van der Waals surface area contributed by atoms with Crippen molar-refractivity contribution in [1.29, 1.82) is 5.26 Å². The Kier molecular flexibility index (Phi) is 4.87. The Morgan fingerprint density at radius 3 is 2.77 bits per heavy atom. The molecule has 0 spiro atoms. The summed E-state index contributed by atoms with van der Waals surface area (Å²) in [6, 6.07) is 10.4. The zero-order valence-corrected chi connectivity index (χ0v) is 12.9. The van der Waals surface area contributed by atoms with Crippen LogP contribution in [0, 0.1) is 11.3 Å². The number of anilines is 1. The molecule has 0 radical (unpaired) electrons. The SMILES string of the molecule is COc1ccc(NC(=O)/C(C#N)=C/c2cccn2C)cc1Cl. The van der Waals surface area contributed by atoms with Crippen LogP contribution in [0.2, 0.25) is 5.02 Å². The van der Waals surface area contributed by atoms with Gasteiger partial charge in [0.1, 0.15) is 17.4 Å². The van der Waals surface area contributed by atoms with Crippen LogP contribution in [0.1, 0.15) is 5.69 Å². The highest BCUT2D eigenvalue weighted by molar-refractivity contribution is 6.32. The minimum Gasteiger partial charge on any atom is -0.495 e. The highest BCUT2D eigenvalue weighted by atomic mass is 35.5. The number of nitrogens with zero attached hydrogens (tertiary/aromatic N) is 2. The molecule has 0 bridgehead atoms. The highest BCUT2D eigenvalue weighted by Crippen LogP contribution is 2.27. The summed E-state index contributed by atoms with van der Waals surface area (Å²) in [6.45, 7) is 0. The molecule has 6 heteroatoms. The molecule has 1 N–H and O–H groups in total. The molecule has 0 aliphatic carbocycles. The van der Waals surface area contributed by atoms with Gasteiger partial charge in [-0.15, -0.1) is 0 Å². The van der Waals surface area contributed by atoms with Crippen molar-refractivity contribution in [3.63, 3.8) is 0 Å². The summed E-state index contributed by atoms with van der Waals surface area (Å²) >= 11 is 6.00. The molecule has 0 aliphatic heterocycles. The Morgan fingerprint density at radius 2 is 2.23 bits per heavy atom. The molecule has 1 heterocycles. The molecule has 0 atom stereocenters. The first kappa shape index (κ1) is 15.7. The number of aryl methyl sites for hydroxylation is 1. The third kappa shape index (κ3) is 3.48. The third-order valence-electron chi connectivity index (χ3n) is 3.05. The van der Waals surface area contributed by atoms with Crippen molar-refractivity contribution in [3.05, 3.63) is 52.8 Å². The van der Waals surface area contributed by atoms with E-state index in [1.54, 1.807) is 18.2 Å². The van der Waals surface area contributed by atoms with Gasteiger partial charge in [-0.1, -0.05) is 11.6 Å². The molecule has 0 unspecified atom stereocenters. The minimum atomic E-state index is -0.495. The number of hydrogen-bond acceptors (Lipinski definition) is 3. The van der Waals surface area contributed by atoms with Crippen molar-refractivity contribution in [2.45, 2.75) is 0 Å². The zero-order chi connectivity index (χ0) is 16.1. The van der Waals surface area contributed by atoms with E-state index in [9.17, 15) is 4.79 Å². The van der Waals surface area contributed by atoms with Gasteiger partial charge in [-0.3, -0.25) is 4.79 Å². The van der Waals surface area contributed by atoms with Gasteiger partial charge in [0.25, 0.3) is 5.91 Å². The summed E-state index contributed by atoms with van der Waals surface area (Å²) < 4.78 is 6.86. The van der Waals surface area contributed by atoms with Gasteiger partial charge in [-0.2, -0.15) is 5.26 Å². The normalized spacial score (nSPS) is 10.9. The van der Waals surface area contributed by atoms with Gasteiger partial charge < -0.3 is 14.6 Å². The first-order chi connectivity index (χ1) is 10.5. The Hall–Kier alpha value is -2.71. The van der Waals surface area contributed by atoms with E-state index < -0.39 is 5.91 Å². The standard InChI is InChI=1S/C16H14ClN3O2/c1-20-7-3-4-13(20)8-11(10-18)16(21)19-12-5-6-15(22-2)14(17)9-12/h3-9H,1-2H3,(H,19,21)/b11-8+. The number of carbonyl (C=O) groups excluding carboxylic acids is 1. The molecular weight excluding hydrogens is 302 g/mol. The summed E-state index contributed by atoms with van der Waals surface area (Å²) in [5, 5.41) is 12.2. The first-order valence-corrected chi connectivity index (χ1v) is 6.81. The molecule has 0 saturated carbocycles. The van der Waals surface area contributed by atoms with Gasteiger partial charge in [0.15, 0.2) is 0 Å². The summed E-state index contributed by atoms with van der Waals surface area (Å²) in [5.41, 5.74) is 1.26. The van der Waals surface area contributed by atoms with Crippen LogP contribution < -0.4 is 10.1 Å².